The SMILES string of the molecule is C=C(OC)/C(N)=C(Br)\C=C(/C)C(=O)OC.CC. The zero-order chi connectivity index (χ0) is 14.0. The first-order chi connectivity index (χ1) is 7.93. The molecule has 4 nitrogen and oxygen atoms in total. The minimum Gasteiger partial charge on any atom is -0.495 e. The van der Waals surface area contributed by atoms with Gasteiger partial charge in [0.1, 0.15) is 5.76 Å². The molecule has 5 heteroatoms. The molecule has 0 aliphatic rings. The molecule has 2 N–H and O–H groups in total. The van der Waals surface area contributed by atoms with Crippen LogP contribution >= 0.6 is 15.9 Å². The number of ether oxygens (including phenoxy) is 2. The molecular formula is C12H20BrNO3. The lowest BCUT2D eigenvalue weighted by Crippen LogP contribution is -2.05. The summed E-state index contributed by atoms with van der Waals surface area (Å²) in [5.41, 5.74) is 6.43. The van der Waals surface area contributed by atoms with Crippen molar-refractivity contribution >= 4 is 21.9 Å². The van der Waals surface area contributed by atoms with Gasteiger partial charge in [-0.2, -0.15) is 0 Å². The highest BCUT2D eigenvalue weighted by Crippen LogP contribution is 2.17. The lowest BCUT2D eigenvalue weighted by atomic mass is 10.2. The molecule has 0 aromatic rings. The van der Waals surface area contributed by atoms with E-state index in [-0.39, 0.29) is 0 Å². The Morgan fingerprint density at radius 3 is 2.12 bits per heavy atom. The van der Waals surface area contributed by atoms with Crippen molar-refractivity contribution in [2.45, 2.75) is 20.8 Å². The molecule has 0 atom stereocenters. The van der Waals surface area contributed by atoms with E-state index in [9.17, 15) is 4.79 Å². The Hall–Kier alpha value is -1.23. The minimum atomic E-state index is -0.414. The monoisotopic (exact) mass is 305 g/mol. The summed E-state index contributed by atoms with van der Waals surface area (Å²) in [6, 6.07) is 0. The van der Waals surface area contributed by atoms with Crippen LogP contribution in [-0.4, -0.2) is 20.2 Å². The van der Waals surface area contributed by atoms with E-state index in [4.69, 9.17) is 10.5 Å². The van der Waals surface area contributed by atoms with Crippen molar-refractivity contribution in [2.24, 2.45) is 5.73 Å². The van der Waals surface area contributed by atoms with Crippen LogP contribution in [0.5, 0.6) is 0 Å². The Balaban J connectivity index is 0. The Morgan fingerprint density at radius 1 is 1.29 bits per heavy atom. The van der Waals surface area contributed by atoms with Crippen LogP contribution in [0.15, 0.2) is 34.2 Å². The lowest BCUT2D eigenvalue weighted by Gasteiger charge is -2.06. The number of allylic oxidation sites excluding steroid dienone is 2. The highest BCUT2D eigenvalue weighted by Gasteiger charge is 2.06. The van der Waals surface area contributed by atoms with Gasteiger partial charge in [-0.1, -0.05) is 20.4 Å². The smallest absolute Gasteiger partial charge is 0.333 e. The number of carbonyl (C=O) groups excluding carboxylic acids is 1. The van der Waals surface area contributed by atoms with E-state index in [1.807, 2.05) is 13.8 Å². The molecule has 17 heavy (non-hydrogen) atoms. The van der Waals surface area contributed by atoms with Gasteiger partial charge < -0.3 is 15.2 Å². The molecule has 0 saturated carbocycles. The topological polar surface area (TPSA) is 61.5 Å². The van der Waals surface area contributed by atoms with Crippen LogP contribution in [0.4, 0.5) is 0 Å². The number of hydrogen-bond acceptors (Lipinski definition) is 4. The standard InChI is InChI=1S/C10H14BrNO3.C2H6/c1-6(10(13)15-4)5-8(11)9(12)7(2)14-3;1-2/h5H,2,12H2,1,3-4H3;1-2H3/b6-5+,9-8-;. The van der Waals surface area contributed by atoms with Crippen molar-refractivity contribution in [1.29, 1.82) is 0 Å². The van der Waals surface area contributed by atoms with E-state index in [0.29, 0.717) is 21.5 Å². The molecular weight excluding hydrogens is 286 g/mol. The van der Waals surface area contributed by atoms with Gasteiger partial charge in [-0.25, -0.2) is 4.79 Å². The second kappa shape index (κ2) is 9.96. The van der Waals surface area contributed by atoms with E-state index >= 15 is 0 Å². The quantitative estimate of drug-likeness (QED) is 0.375. The summed E-state index contributed by atoms with van der Waals surface area (Å²) >= 11 is 3.21. The van der Waals surface area contributed by atoms with Gasteiger partial charge in [-0.3, -0.25) is 0 Å². The van der Waals surface area contributed by atoms with Crippen molar-refractivity contribution in [3.8, 4) is 0 Å². The second-order valence-electron chi connectivity index (χ2n) is 2.71. The van der Waals surface area contributed by atoms with Crippen molar-refractivity contribution in [3.05, 3.63) is 34.2 Å². The molecule has 0 aliphatic heterocycles. The minimum absolute atomic E-state index is 0.329. The summed E-state index contributed by atoms with van der Waals surface area (Å²) in [5, 5.41) is 0. The number of rotatable bonds is 4. The first-order valence-corrected chi connectivity index (χ1v) is 5.88. The number of esters is 1. The molecule has 0 saturated heterocycles. The summed E-state index contributed by atoms with van der Waals surface area (Å²) in [4.78, 5) is 11.1. The van der Waals surface area contributed by atoms with Crippen LogP contribution in [0.1, 0.15) is 20.8 Å². The zero-order valence-electron chi connectivity index (χ0n) is 11.0. The molecule has 0 spiro atoms. The molecule has 0 bridgehead atoms. The van der Waals surface area contributed by atoms with E-state index in [0.717, 1.165) is 0 Å². The van der Waals surface area contributed by atoms with Crippen LogP contribution in [0, 0.1) is 0 Å². The van der Waals surface area contributed by atoms with Crippen LogP contribution in [-0.2, 0) is 14.3 Å². The first-order valence-electron chi connectivity index (χ1n) is 5.09. The molecule has 98 valence electrons. The third-order valence-corrected chi connectivity index (χ3v) is 2.31. The maximum atomic E-state index is 11.1. The predicted octanol–water partition coefficient (Wildman–Crippen LogP) is 2.86. The molecule has 0 fully saturated rings. The number of nitrogens with two attached hydrogens (primary N) is 1. The molecule has 0 radical (unpaired) electrons. The van der Waals surface area contributed by atoms with Crippen molar-refractivity contribution in [2.75, 3.05) is 14.2 Å². The highest BCUT2D eigenvalue weighted by atomic mass is 79.9. The highest BCUT2D eigenvalue weighted by molar-refractivity contribution is 9.11. The molecule has 0 heterocycles. The average Bonchev–Trinajstić information content (AvgIpc) is 2.37. The van der Waals surface area contributed by atoms with Crippen molar-refractivity contribution in [3.63, 3.8) is 0 Å². The predicted molar refractivity (Wildman–Crippen MR) is 73.4 cm³/mol. The number of methoxy groups -OCH3 is 2. The van der Waals surface area contributed by atoms with Gasteiger partial charge in [0.2, 0.25) is 0 Å². The van der Waals surface area contributed by atoms with Gasteiger partial charge in [0, 0.05) is 10.1 Å². The molecule has 0 aromatic heterocycles. The van der Waals surface area contributed by atoms with Gasteiger partial charge in [-0.05, 0) is 28.9 Å². The molecule has 0 rings (SSSR count). The molecule has 0 unspecified atom stereocenters. The Labute approximate surface area is 111 Å². The van der Waals surface area contributed by atoms with Crippen molar-refractivity contribution in [1.82, 2.24) is 0 Å². The Kier molecular flexibility index (Phi) is 10.6. The van der Waals surface area contributed by atoms with Crippen LogP contribution in [0.2, 0.25) is 0 Å². The van der Waals surface area contributed by atoms with Gasteiger partial charge in [0.15, 0.2) is 0 Å². The first kappa shape index (κ1) is 18.1. The summed E-state index contributed by atoms with van der Waals surface area (Å²) in [7, 11) is 2.78. The third kappa shape index (κ3) is 6.84. The molecule has 0 aliphatic carbocycles. The summed E-state index contributed by atoms with van der Waals surface area (Å²) in [6.07, 6.45) is 1.55. The number of halogens is 1. The van der Waals surface area contributed by atoms with Gasteiger partial charge in [0.05, 0.1) is 19.9 Å². The third-order valence-electron chi connectivity index (χ3n) is 1.65. The zero-order valence-corrected chi connectivity index (χ0v) is 12.6. The summed E-state index contributed by atoms with van der Waals surface area (Å²) in [6.45, 7) is 9.21. The fourth-order valence-corrected chi connectivity index (χ4v) is 1.30. The molecule has 0 amide bonds. The Morgan fingerprint density at radius 2 is 1.76 bits per heavy atom. The number of carbonyl (C=O) groups is 1. The maximum absolute atomic E-state index is 11.1. The fraction of sp³-hybridized carbons (Fsp3) is 0.417. The summed E-state index contributed by atoms with van der Waals surface area (Å²) < 4.78 is 9.91. The van der Waals surface area contributed by atoms with Crippen molar-refractivity contribution < 1.29 is 14.3 Å². The van der Waals surface area contributed by atoms with E-state index in [2.05, 4.69) is 27.2 Å². The molecule has 0 aromatic carbocycles. The van der Waals surface area contributed by atoms with Crippen LogP contribution < -0.4 is 5.73 Å². The Bertz CT molecular complexity index is 333. The summed E-state index contributed by atoms with van der Waals surface area (Å²) in [5.74, 6) is -0.0847. The van der Waals surface area contributed by atoms with Crippen LogP contribution in [0.3, 0.4) is 0 Å². The maximum Gasteiger partial charge on any atom is 0.333 e. The number of hydrogen-bond donors (Lipinski definition) is 1. The average molecular weight is 306 g/mol. The van der Waals surface area contributed by atoms with E-state index < -0.39 is 5.97 Å². The second-order valence-corrected chi connectivity index (χ2v) is 3.56. The van der Waals surface area contributed by atoms with Gasteiger partial charge in [0.25, 0.3) is 0 Å². The fourth-order valence-electron chi connectivity index (χ4n) is 0.731. The van der Waals surface area contributed by atoms with E-state index in [1.54, 1.807) is 13.0 Å². The van der Waals surface area contributed by atoms with Gasteiger partial charge in [-0.15, -0.1) is 0 Å². The normalized spacial score (nSPS) is 11.8. The lowest BCUT2D eigenvalue weighted by molar-refractivity contribution is -0.136. The van der Waals surface area contributed by atoms with E-state index in [1.165, 1.54) is 14.2 Å². The van der Waals surface area contributed by atoms with Crippen LogP contribution in [0.25, 0.3) is 0 Å². The largest absolute Gasteiger partial charge is 0.495 e. The van der Waals surface area contributed by atoms with Gasteiger partial charge >= 0.3 is 5.97 Å².